The van der Waals surface area contributed by atoms with Gasteiger partial charge in [0.1, 0.15) is 0 Å². The van der Waals surface area contributed by atoms with E-state index in [4.69, 9.17) is 0 Å². The zero-order valence-electron chi connectivity index (χ0n) is 5.65. The van der Waals surface area contributed by atoms with E-state index >= 15 is 0 Å². The first kappa shape index (κ1) is 6.05. The van der Waals surface area contributed by atoms with E-state index in [9.17, 15) is 0 Å². The second-order valence-corrected chi connectivity index (χ2v) is 2.62. The van der Waals surface area contributed by atoms with Crippen LogP contribution in [-0.4, -0.2) is 24.1 Å². The van der Waals surface area contributed by atoms with Crippen molar-refractivity contribution in [3.05, 3.63) is 0 Å². The van der Waals surface area contributed by atoms with Gasteiger partial charge < -0.3 is 0 Å². The van der Waals surface area contributed by atoms with Gasteiger partial charge in [-0.05, 0) is 20.3 Å². The number of hydrogen-bond acceptors (Lipinski definition) is 2. The minimum absolute atomic E-state index is 0.607. The van der Waals surface area contributed by atoms with Gasteiger partial charge in [0.15, 0.2) is 0 Å². The first-order valence-corrected chi connectivity index (χ1v) is 3.30. The van der Waals surface area contributed by atoms with Crippen molar-refractivity contribution in [1.29, 1.82) is 0 Å². The van der Waals surface area contributed by atoms with Gasteiger partial charge in [0, 0.05) is 19.1 Å². The van der Waals surface area contributed by atoms with Gasteiger partial charge >= 0.3 is 0 Å². The van der Waals surface area contributed by atoms with E-state index in [1.165, 1.54) is 19.5 Å². The minimum Gasteiger partial charge on any atom is -0.253 e. The van der Waals surface area contributed by atoms with Crippen molar-refractivity contribution in [2.45, 2.75) is 26.3 Å². The van der Waals surface area contributed by atoms with E-state index in [0.29, 0.717) is 6.04 Å². The zero-order valence-corrected chi connectivity index (χ0v) is 5.65. The van der Waals surface area contributed by atoms with Gasteiger partial charge in [-0.2, -0.15) is 0 Å². The Morgan fingerprint density at radius 3 is 2.12 bits per heavy atom. The highest BCUT2D eigenvalue weighted by Gasteiger charge is 2.12. The van der Waals surface area contributed by atoms with Crippen molar-refractivity contribution < 1.29 is 0 Å². The van der Waals surface area contributed by atoms with Gasteiger partial charge in [-0.25, -0.2) is 5.01 Å². The number of hydrogen-bond donors (Lipinski definition) is 1. The van der Waals surface area contributed by atoms with Crippen molar-refractivity contribution in [3.8, 4) is 0 Å². The molecule has 0 aromatic carbocycles. The summed E-state index contributed by atoms with van der Waals surface area (Å²) < 4.78 is 0. The van der Waals surface area contributed by atoms with Gasteiger partial charge in [0.2, 0.25) is 0 Å². The molecule has 1 aliphatic heterocycles. The molecule has 0 aromatic heterocycles. The van der Waals surface area contributed by atoms with E-state index < -0.39 is 0 Å². The molecule has 0 aromatic rings. The third-order valence-electron chi connectivity index (χ3n) is 1.30. The van der Waals surface area contributed by atoms with Gasteiger partial charge in [-0.3, -0.25) is 5.43 Å². The van der Waals surface area contributed by atoms with Crippen molar-refractivity contribution >= 4 is 0 Å². The molecule has 1 heterocycles. The Bertz CT molecular complexity index is 66.9. The smallest absolute Gasteiger partial charge is 0.0158 e. The molecule has 1 aliphatic rings. The topological polar surface area (TPSA) is 15.3 Å². The van der Waals surface area contributed by atoms with Crippen LogP contribution in [0.3, 0.4) is 0 Å². The zero-order chi connectivity index (χ0) is 5.98. The first-order chi connectivity index (χ1) is 3.79. The standard InChI is InChI=1S/C6H14N2/c1-6(2)7-8-4-3-5-8/h6-7H,3-5H2,1-2H3. The fourth-order valence-electron chi connectivity index (χ4n) is 0.810. The Morgan fingerprint density at radius 2 is 2.00 bits per heavy atom. The average molecular weight is 114 g/mol. The largest absolute Gasteiger partial charge is 0.253 e. The van der Waals surface area contributed by atoms with Crippen LogP contribution < -0.4 is 5.43 Å². The van der Waals surface area contributed by atoms with Crippen LogP contribution in [0.5, 0.6) is 0 Å². The molecule has 48 valence electrons. The quantitative estimate of drug-likeness (QED) is 0.565. The molecule has 0 aliphatic carbocycles. The lowest BCUT2D eigenvalue weighted by Gasteiger charge is -2.32. The van der Waals surface area contributed by atoms with Crippen molar-refractivity contribution in [2.24, 2.45) is 0 Å². The highest BCUT2D eigenvalue weighted by molar-refractivity contribution is 4.64. The SMILES string of the molecule is CC(C)NN1CCC1. The van der Waals surface area contributed by atoms with E-state index in [-0.39, 0.29) is 0 Å². The van der Waals surface area contributed by atoms with Crippen LogP contribution in [0.4, 0.5) is 0 Å². The minimum atomic E-state index is 0.607. The predicted octanol–water partition coefficient (Wildman–Crippen LogP) is 0.605. The maximum Gasteiger partial charge on any atom is 0.0158 e. The fourth-order valence-corrected chi connectivity index (χ4v) is 0.810. The molecule has 2 nitrogen and oxygen atoms in total. The van der Waals surface area contributed by atoms with Crippen LogP contribution in [-0.2, 0) is 0 Å². The molecule has 0 amide bonds. The molecule has 0 spiro atoms. The molecule has 0 saturated carbocycles. The average Bonchev–Trinajstić information content (AvgIpc) is 1.55. The third-order valence-corrected chi connectivity index (χ3v) is 1.30. The molecule has 0 atom stereocenters. The van der Waals surface area contributed by atoms with Crippen LogP contribution in [0.2, 0.25) is 0 Å². The lowest BCUT2D eigenvalue weighted by molar-refractivity contribution is 0.0935. The summed E-state index contributed by atoms with van der Waals surface area (Å²) in [5.41, 5.74) is 3.31. The van der Waals surface area contributed by atoms with Gasteiger partial charge in [-0.1, -0.05) is 0 Å². The normalized spacial score (nSPS) is 21.4. The van der Waals surface area contributed by atoms with Crippen LogP contribution in [0, 0.1) is 0 Å². The monoisotopic (exact) mass is 114 g/mol. The highest BCUT2D eigenvalue weighted by atomic mass is 15.5. The van der Waals surface area contributed by atoms with Gasteiger partial charge in [-0.15, -0.1) is 0 Å². The van der Waals surface area contributed by atoms with Crippen molar-refractivity contribution in [2.75, 3.05) is 13.1 Å². The molecule has 8 heavy (non-hydrogen) atoms. The maximum absolute atomic E-state index is 3.31. The predicted molar refractivity (Wildman–Crippen MR) is 34.5 cm³/mol. The third kappa shape index (κ3) is 1.46. The van der Waals surface area contributed by atoms with Crippen LogP contribution in [0.25, 0.3) is 0 Å². The number of nitrogens with one attached hydrogen (secondary N) is 1. The molecule has 0 unspecified atom stereocenters. The summed E-state index contributed by atoms with van der Waals surface area (Å²) >= 11 is 0. The number of hydrazine groups is 1. The molecule has 0 bridgehead atoms. The van der Waals surface area contributed by atoms with E-state index in [0.717, 1.165) is 0 Å². The summed E-state index contributed by atoms with van der Waals surface area (Å²) in [6.07, 6.45) is 1.36. The van der Waals surface area contributed by atoms with E-state index in [1.807, 2.05) is 0 Å². The Morgan fingerprint density at radius 1 is 1.38 bits per heavy atom. The van der Waals surface area contributed by atoms with Crippen LogP contribution in [0.15, 0.2) is 0 Å². The summed E-state index contributed by atoms with van der Waals surface area (Å²) in [4.78, 5) is 0. The molecule has 0 radical (unpaired) electrons. The Labute approximate surface area is 50.8 Å². The van der Waals surface area contributed by atoms with E-state index in [1.54, 1.807) is 0 Å². The summed E-state index contributed by atoms with van der Waals surface area (Å²) in [5, 5.41) is 2.25. The number of nitrogens with zero attached hydrogens (tertiary/aromatic N) is 1. The molecule has 2 heteroatoms. The molecule has 1 rings (SSSR count). The lowest BCUT2D eigenvalue weighted by Crippen LogP contribution is -2.50. The summed E-state index contributed by atoms with van der Waals surface area (Å²) in [5.74, 6) is 0. The Balaban J connectivity index is 2.01. The highest BCUT2D eigenvalue weighted by Crippen LogP contribution is 2.01. The number of rotatable bonds is 2. The summed E-state index contributed by atoms with van der Waals surface area (Å²) in [7, 11) is 0. The Hall–Kier alpha value is -0.0800. The van der Waals surface area contributed by atoms with Crippen LogP contribution >= 0.6 is 0 Å². The second-order valence-electron chi connectivity index (χ2n) is 2.62. The van der Waals surface area contributed by atoms with Crippen LogP contribution in [0.1, 0.15) is 20.3 Å². The first-order valence-electron chi connectivity index (χ1n) is 3.30. The molecule has 1 fully saturated rings. The van der Waals surface area contributed by atoms with Crippen molar-refractivity contribution in [3.63, 3.8) is 0 Å². The maximum atomic E-state index is 3.31. The fraction of sp³-hybridized carbons (Fsp3) is 1.00. The molecular formula is C6H14N2. The molecule has 1 saturated heterocycles. The lowest BCUT2D eigenvalue weighted by atomic mass is 10.3. The summed E-state index contributed by atoms with van der Waals surface area (Å²) in [6, 6.07) is 0.607. The summed E-state index contributed by atoms with van der Waals surface area (Å²) in [6.45, 7) is 6.80. The van der Waals surface area contributed by atoms with Gasteiger partial charge in [0.25, 0.3) is 0 Å². The molecular weight excluding hydrogens is 100 g/mol. The molecule has 1 N–H and O–H groups in total. The Kier molecular flexibility index (Phi) is 1.86. The second kappa shape index (κ2) is 2.46. The van der Waals surface area contributed by atoms with E-state index in [2.05, 4.69) is 24.3 Å². The van der Waals surface area contributed by atoms with Crippen molar-refractivity contribution in [1.82, 2.24) is 10.4 Å². The van der Waals surface area contributed by atoms with Gasteiger partial charge in [0.05, 0.1) is 0 Å².